The summed E-state index contributed by atoms with van der Waals surface area (Å²) >= 11 is 3.49. The molecule has 0 aromatic heterocycles. The number of rotatable bonds is 5. The Bertz CT molecular complexity index is 381. The topological polar surface area (TPSA) is 29.1 Å². The fourth-order valence-corrected chi connectivity index (χ4v) is 1.50. The molecule has 0 heterocycles. The second kappa shape index (κ2) is 6.74. The van der Waals surface area contributed by atoms with Gasteiger partial charge in [0.15, 0.2) is 0 Å². The van der Waals surface area contributed by atoms with Gasteiger partial charge in [0.1, 0.15) is 5.82 Å². The lowest BCUT2D eigenvalue weighted by Gasteiger charge is -2.14. The molecule has 1 aromatic rings. The number of hydrogen-bond donors (Lipinski definition) is 1. The van der Waals surface area contributed by atoms with E-state index in [0.29, 0.717) is 18.0 Å². The lowest BCUT2D eigenvalue weighted by atomic mass is 10.1. The predicted molar refractivity (Wildman–Crippen MR) is 70.7 cm³/mol. The minimum atomic E-state index is -0.309. The van der Waals surface area contributed by atoms with Crippen LogP contribution in [0.3, 0.4) is 0 Å². The maximum atomic E-state index is 12.9. The van der Waals surface area contributed by atoms with Gasteiger partial charge in [-0.05, 0) is 23.6 Å². The molecule has 94 valence electrons. The van der Waals surface area contributed by atoms with Gasteiger partial charge < -0.3 is 5.32 Å². The van der Waals surface area contributed by atoms with E-state index >= 15 is 0 Å². The third-order valence-electron chi connectivity index (χ3n) is 2.47. The first-order chi connectivity index (χ1) is 7.99. The molecule has 0 aliphatic carbocycles. The smallest absolute Gasteiger partial charge is 0.224 e. The van der Waals surface area contributed by atoms with Crippen molar-refractivity contribution in [2.45, 2.75) is 25.1 Å². The molecule has 17 heavy (non-hydrogen) atoms. The Labute approximate surface area is 110 Å². The van der Waals surface area contributed by atoms with Crippen molar-refractivity contribution in [3.8, 4) is 0 Å². The maximum absolute atomic E-state index is 12.9. The molecule has 1 unspecified atom stereocenters. The Kier molecular flexibility index (Phi) is 5.62. The second-order valence-electron chi connectivity index (χ2n) is 4.37. The van der Waals surface area contributed by atoms with Gasteiger partial charge in [-0.25, -0.2) is 4.39 Å². The average molecular weight is 302 g/mol. The van der Waals surface area contributed by atoms with E-state index in [1.807, 2.05) is 0 Å². The van der Waals surface area contributed by atoms with Gasteiger partial charge in [0.2, 0.25) is 5.91 Å². The number of carbonyl (C=O) groups is 1. The third kappa shape index (κ3) is 5.31. The van der Waals surface area contributed by atoms with Crippen molar-refractivity contribution in [2.75, 3.05) is 6.54 Å². The highest BCUT2D eigenvalue weighted by Gasteiger charge is 2.11. The van der Waals surface area contributed by atoms with Crippen molar-refractivity contribution in [3.05, 3.63) is 35.6 Å². The molecule has 0 saturated carbocycles. The molecule has 4 heteroatoms. The summed E-state index contributed by atoms with van der Waals surface area (Å²) in [6.07, 6.45) is 0.218. The van der Waals surface area contributed by atoms with Crippen molar-refractivity contribution in [2.24, 2.45) is 5.92 Å². The number of carbonyl (C=O) groups excluding carboxylic acids is 1. The van der Waals surface area contributed by atoms with Gasteiger partial charge in [-0.2, -0.15) is 0 Å². The first kappa shape index (κ1) is 14.2. The zero-order chi connectivity index (χ0) is 12.8. The predicted octanol–water partition coefficient (Wildman–Crippen LogP) is 2.90. The van der Waals surface area contributed by atoms with Crippen LogP contribution >= 0.6 is 15.9 Å². The second-order valence-corrected chi connectivity index (χ2v) is 5.55. The van der Waals surface area contributed by atoms with Crippen molar-refractivity contribution in [1.82, 2.24) is 5.32 Å². The van der Waals surface area contributed by atoms with E-state index in [0.717, 1.165) is 0 Å². The zero-order valence-electron chi connectivity index (χ0n) is 10.0. The monoisotopic (exact) mass is 301 g/mol. The van der Waals surface area contributed by atoms with E-state index < -0.39 is 0 Å². The summed E-state index contributed by atoms with van der Waals surface area (Å²) in [5, 5.41) is 2.82. The van der Waals surface area contributed by atoms with Crippen LogP contribution in [0, 0.1) is 11.7 Å². The fourth-order valence-electron chi connectivity index (χ4n) is 1.34. The number of halogens is 2. The van der Waals surface area contributed by atoms with E-state index in [9.17, 15) is 9.18 Å². The van der Waals surface area contributed by atoms with Gasteiger partial charge in [0.25, 0.3) is 0 Å². The van der Waals surface area contributed by atoms with E-state index in [4.69, 9.17) is 0 Å². The van der Waals surface area contributed by atoms with Gasteiger partial charge in [0, 0.05) is 11.4 Å². The molecular formula is C13H17BrFNO. The largest absolute Gasteiger partial charge is 0.355 e. The van der Waals surface area contributed by atoms with Crippen LogP contribution in [0.4, 0.5) is 4.39 Å². The summed E-state index contributed by atoms with van der Waals surface area (Å²) in [5.74, 6) is 0.0704. The van der Waals surface area contributed by atoms with E-state index in [1.165, 1.54) is 12.1 Å². The van der Waals surface area contributed by atoms with E-state index in [2.05, 4.69) is 35.1 Å². The number of alkyl halides is 1. The Morgan fingerprint density at radius 1 is 1.47 bits per heavy atom. The molecule has 0 aliphatic heterocycles. The average Bonchev–Trinajstić information content (AvgIpc) is 2.25. The highest BCUT2D eigenvalue weighted by Crippen LogP contribution is 2.10. The summed E-state index contributed by atoms with van der Waals surface area (Å²) in [6.45, 7) is 4.75. The van der Waals surface area contributed by atoms with Crippen LogP contribution in [-0.4, -0.2) is 17.3 Å². The summed E-state index contributed by atoms with van der Waals surface area (Å²) in [6, 6.07) is 6.11. The molecule has 1 amide bonds. The zero-order valence-corrected chi connectivity index (χ0v) is 11.6. The lowest BCUT2D eigenvalue weighted by Crippen LogP contribution is -2.32. The lowest BCUT2D eigenvalue weighted by molar-refractivity contribution is -0.120. The van der Waals surface area contributed by atoms with Gasteiger partial charge in [-0.3, -0.25) is 4.79 Å². The molecule has 0 bridgehead atoms. The van der Waals surface area contributed by atoms with Crippen molar-refractivity contribution in [3.63, 3.8) is 0 Å². The Morgan fingerprint density at radius 3 is 2.76 bits per heavy atom. The van der Waals surface area contributed by atoms with Crippen LogP contribution in [0.2, 0.25) is 0 Å². The van der Waals surface area contributed by atoms with Crippen LogP contribution in [-0.2, 0) is 11.2 Å². The number of hydrogen-bond acceptors (Lipinski definition) is 1. The minimum Gasteiger partial charge on any atom is -0.355 e. The molecule has 2 nitrogen and oxygen atoms in total. The molecule has 0 aliphatic rings. The third-order valence-corrected chi connectivity index (χ3v) is 3.85. The number of nitrogens with one attached hydrogen (secondary N) is 1. The Balaban J connectivity index is 2.40. The molecule has 1 atom stereocenters. The highest BCUT2D eigenvalue weighted by atomic mass is 79.9. The normalized spacial score (nSPS) is 12.5. The van der Waals surface area contributed by atoms with Crippen LogP contribution in [0.15, 0.2) is 24.3 Å². The number of benzene rings is 1. The molecular weight excluding hydrogens is 285 g/mol. The molecule has 0 fully saturated rings. The van der Waals surface area contributed by atoms with Crippen LogP contribution < -0.4 is 5.32 Å². The Morgan fingerprint density at radius 2 is 2.18 bits per heavy atom. The summed E-state index contributed by atoms with van der Waals surface area (Å²) in [4.78, 5) is 11.9. The molecule has 1 N–H and O–H groups in total. The standard InChI is InChI=1S/C13H17BrFNO/c1-9(2)12(14)8-16-13(17)7-10-4-3-5-11(15)6-10/h3-6,9,12H,7-8H2,1-2H3,(H,16,17). The Hall–Kier alpha value is -0.900. The molecule has 0 radical (unpaired) electrons. The quantitative estimate of drug-likeness (QED) is 0.833. The van der Waals surface area contributed by atoms with Crippen LogP contribution in [0.25, 0.3) is 0 Å². The van der Waals surface area contributed by atoms with Gasteiger partial charge in [-0.15, -0.1) is 0 Å². The summed E-state index contributed by atoms with van der Waals surface area (Å²) in [7, 11) is 0. The SMILES string of the molecule is CC(C)C(Br)CNC(=O)Cc1cccc(F)c1. The van der Waals surface area contributed by atoms with Crippen molar-refractivity contribution >= 4 is 21.8 Å². The molecule has 1 rings (SSSR count). The van der Waals surface area contributed by atoms with Gasteiger partial charge in [0.05, 0.1) is 6.42 Å². The van der Waals surface area contributed by atoms with E-state index in [-0.39, 0.29) is 23.0 Å². The number of amides is 1. The van der Waals surface area contributed by atoms with Gasteiger partial charge >= 0.3 is 0 Å². The van der Waals surface area contributed by atoms with E-state index in [1.54, 1.807) is 12.1 Å². The summed E-state index contributed by atoms with van der Waals surface area (Å²) in [5.41, 5.74) is 0.693. The van der Waals surface area contributed by atoms with Crippen molar-refractivity contribution in [1.29, 1.82) is 0 Å². The molecule has 0 spiro atoms. The molecule has 1 aromatic carbocycles. The highest BCUT2D eigenvalue weighted by molar-refractivity contribution is 9.09. The van der Waals surface area contributed by atoms with Crippen LogP contribution in [0.5, 0.6) is 0 Å². The van der Waals surface area contributed by atoms with Gasteiger partial charge in [-0.1, -0.05) is 41.9 Å². The first-order valence-electron chi connectivity index (χ1n) is 5.64. The summed E-state index contributed by atoms with van der Waals surface area (Å²) < 4.78 is 12.9. The fraction of sp³-hybridized carbons (Fsp3) is 0.462. The molecule has 0 saturated heterocycles. The maximum Gasteiger partial charge on any atom is 0.224 e. The minimum absolute atomic E-state index is 0.0827. The van der Waals surface area contributed by atoms with Crippen LogP contribution in [0.1, 0.15) is 19.4 Å². The first-order valence-corrected chi connectivity index (χ1v) is 6.56. The van der Waals surface area contributed by atoms with Crippen molar-refractivity contribution < 1.29 is 9.18 Å².